The van der Waals surface area contributed by atoms with Gasteiger partial charge in [0.1, 0.15) is 12.6 Å². The first-order chi connectivity index (χ1) is 18.2. The van der Waals surface area contributed by atoms with Crippen LogP contribution in [0.15, 0.2) is 48.5 Å². The molecule has 8 nitrogen and oxygen atoms in total. The van der Waals surface area contributed by atoms with E-state index in [0.717, 1.165) is 19.4 Å². The number of fused-ring (bicyclic) bond motifs is 3. The third-order valence-electron chi connectivity index (χ3n) is 7.04. The number of hydrogen-bond acceptors (Lipinski definition) is 5. The number of carbonyl (C=O) groups excluding carboxylic acids is 3. The van der Waals surface area contributed by atoms with E-state index in [-0.39, 0.29) is 30.4 Å². The third-order valence-corrected chi connectivity index (χ3v) is 7.04. The summed E-state index contributed by atoms with van der Waals surface area (Å²) in [5, 5.41) is 11.9. The molecule has 204 valence electrons. The molecule has 2 aromatic rings. The predicted octanol–water partition coefficient (Wildman–Crippen LogP) is 3.85. The lowest BCUT2D eigenvalue weighted by Crippen LogP contribution is -2.54. The van der Waals surface area contributed by atoms with Gasteiger partial charge in [0.05, 0.1) is 6.04 Å². The number of unbranched alkanes of at least 4 members (excludes halogenated alkanes) is 1. The summed E-state index contributed by atoms with van der Waals surface area (Å²) in [5.74, 6) is -0.296. The minimum Gasteiger partial charge on any atom is -0.449 e. The Morgan fingerprint density at radius 2 is 1.66 bits per heavy atom. The third kappa shape index (κ3) is 7.13. The molecule has 0 aromatic heterocycles. The molecular formula is C30H40N4O4. The van der Waals surface area contributed by atoms with Gasteiger partial charge in [-0.15, -0.1) is 0 Å². The maximum Gasteiger partial charge on any atom is 0.407 e. The predicted molar refractivity (Wildman–Crippen MR) is 148 cm³/mol. The minimum absolute atomic E-state index is 0.0215. The van der Waals surface area contributed by atoms with Gasteiger partial charge in [0.2, 0.25) is 11.8 Å². The molecular weight excluding hydrogens is 480 g/mol. The van der Waals surface area contributed by atoms with Crippen molar-refractivity contribution >= 4 is 17.9 Å². The number of nitrogens with one attached hydrogen (secondary N) is 4. The van der Waals surface area contributed by atoms with E-state index in [1.807, 2.05) is 45.0 Å². The number of carbonyl (C=O) groups is 3. The number of amides is 3. The van der Waals surface area contributed by atoms with Gasteiger partial charge in [-0.05, 0) is 81.7 Å². The largest absolute Gasteiger partial charge is 0.449 e. The van der Waals surface area contributed by atoms with Crippen molar-refractivity contribution in [3.05, 3.63) is 59.7 Å². The zero-order valence-electron chi connectivity index (χ0n) is 22.6. The quantitative estimate of drug-likeness (QED) is 0.356. The van der Waals surface area contributed by atoms with E-state index in [2.05, 4.69) is 45.5 Å². The number of benzene rings is 2. The smallest absolute Gasteiger partial charge is 0.407 e. The summed E-state index contributed by atoms with van der Waals surface area (Å²) in [5.41, 5.74) is 4.35. The molecule has 8 heteroatoms. The van der Waals surface area contributed by atoms with Crippen molar-refractivity contribution in [1.82, 2.24) is 21.3 Å². The second kappa shape index (κ2) is 12.4. The molecule has 2 aromatic carbocycles. The van der Waals surface area contributed by atoms with E-state index < -0.39 is 17.7 Å². The lowest BCUT2D eigenvalue weighted by molar-refractivity contribution is -0.130. The molecule has 0 radical (unpaired) electrons. The Bertz CT molecular complexity index is 1090. The molecule has 0 bridgehead atoms. The summed E-state index contributed by atoms with van der Waals surface area (Å²) < 4.78 is 5.59. The van der Waals surface area contributed by atoms with Crippen LogP contribution >= 0.6 is 0 Å². The van der Waals surface area contributed by atoms with Crippen molar-refractivity contribution in [3.63, 3.8) is 0 Å². The van der Waals surface area contributed by atoms with Crippen molar-refractivity contribution in [2.75, 3.05) is 19.7 Å². The summed E-state index contributed by atoms with van der Waals surface area (Å²) in [4.78, 5) is 37.9. The summed E-state index contributed by atoms with van der Waals surface area (Å²) in [6.07, 6.45) is 3.12. The normalized spacial score (nSPS) is 17.3. The molecule has 1 saturated heterocycles. The second-order valence-corrected chi connectivity index (χ2v) is 11.2. The fourth-order valence-electron chi connectivity index (χ4n) is 5.22. The van der Waals surface area contributed by atoms with Gasteiger partial charge < -0.3 is 26.0 Å². The van der Waals surface area contributed by atoms with Gasteiger partial charge in [-0.1, -0.05) is 48.5 Å². The first kappa shape index (κ1) is 27.6. The molecule has 1 aliphatic heterocycles. The van der Waals surface area contributed by atoms with Crippen molar-refractivity contribution in [2.24, 2.45) is 0 Å². The lowest BCUT2D eigenvalue weighted by atomic mass is 9.98. The second-order valence-electron chi connectivity index (χ2n) is 11.2. The van der Waals surface area contributed by atoms with E-state index in [0.29, 0.717) is 25.8 Å². The Morgan fingerprint density at radius 1 is 1.00 bits per heavy atom. The molecule has 4 rings (SSSR count). The topological polar surface area (TPSA) is 109 Å². The van der Waals surface area contributed by atoms with Crippen LogP contribution in [0.1, 0.15) is 69.9 Å². The van der Waals surface area contributed by atoms with E-state index in [4.69, 9.17) is 4.74 Å². The van der Waals surface area contributed by atoms with Crippen LogP contribution in [0, 0.1) is 0 Å². The lowest BCUT2D eigenvalue weighted by Gasteiger charge is -2.26. The number of alkyl carbamates (subject to hydrolysis) is 1. The molecule has 4 N–H and O–H groups in total. The van der Waals surface area contributed by atoms with Crippen LogP contribution in [0.4, 0.5) is 4.79 Å². The first-order valence-electron chi connectivity index (χ1n) is 13.7. The number of ether oxygens (including phenoxy) is 1. The molecule has 1 heterocycles. The van der Waals surface area contributed by atoms with Crippen molar-refractivity contribution < 1.29 is 19.1 Å². The average molecular weight is 521 g/mol. The van der Waals surface area contributed by atoms with Gasteiger partial charge in [-0.2, -0.15) is 0 Å². The highest BCUT2D eigenvalue weighted by molar-refractivity contribution is 5.90. The summed E-state index contributed by atoms with van der Waals surface area (Å²) >= 11 is 0. The number of hydrogen-bond donors (Lipinski definition) is 4. The van der Waals surface area contributed by atoms with Crippen LogP contribution in [0.2, 0.25) is 0 Å². The van der Waals surface area contributed by atoms with Gasteiger partial charge in [0.25, 0.3) is 0 Å². The highest BCUT2D eigenvalue weighted by atomic mass is 16.5. The van der Waals surface area contributed by atoms with E-state index in [1.165, 1.54) is 22.3 Å². The van der Waals surface area contributed by atoms with E-state index >= 15 is 0 Å². The summed E-state index contributed by atoms with van der Waals surface area (Å²) in [6.45, 7) is 7.28. The zero-order valence-corrected chi connectivity index (χ0v) is 22.6. The van der Waals surface area contributed by atoms with E-state index in [1.54, 1.807) is 0 Å². The average Bonchev–Trinajstić information content (AvgIpc) is 3.52. The van der Waals surface area contributed by atoms with Crippen molar-refractivity contribution in [1.29, 1.82) is 0 Å². The van der Waals surface area contributed by atoms with Gasteiger partial charge in [-0.25, -0.2) is 4.79 Å². The molecule has 0 saturated carbocycles. The van der Waals surface area contributed by atoms with Gasteiger partial charge in [-0.3, -0.25) is 9.59 Å². The Hall–Kier alpha value is -3.39. The van der Waals surface area contributed by atoms with Gasteiger partial charge in [0, 0.05) is 18.0 Å². The van der Waals surface area contributed by atoms with Crippen LogP contribution < -0.4 is 21.3 Å². The SMILES string of the molecule is CC(C)(C)NC(=O)[C@H](CCCCNC(=O)OCC1c2ccccc2-c2ccccc21)NC(=O)[C@@H]1CCCN1. The van der Waals surface area contributed by atoms with Crippen LogP contribution in [0.5, 0.6) is 0 Å². The standard InChI is InChI=1S/C30H40N4O4/c1-30(2,3)34-28(36)26(33-27(35)25-16-10-18-31-25)15-8-9-17-32-29(37)38-19-24-22-13-6-4-11-20(22)21-12-5-7-14-23(21)24/h4-7,11-14,24-26,31H,8-10,15-19H2,1-3H3,(H,32,37)(H,33,35)(H,34,36)/t25-,26-/m0/s1. The zero-order chi connectivity index (χ0) is 27.1. The van der Waals surface area contributed by atoms with Crippen molar-refractivity contribution in [3.8, 4) is 11.1 Å². The monoisotopic (exact) mass is 520 g/mol. The maximum absolute atomic E-state index is 12.8. The van der Waals surface area contributed by atoms with Gasteiger partial charge in [0.15, 0.2) is 0 Å². The maximum atomic E-state index is 12.8. The molecule has 1 fully saturated rings. The molecule has 1 aliphatic carbocycles. The summed E-state index contributed by atoms with van der Waals surface area (Å²) in [7, 11) is 0. The van der Waals surface area contributed by atoms with Crippen molar-refractivity contribution in [2.45, 2.75) is 76.4 Å². The molecule has 2 aliphatic rings. The molecule has 3 amide bonds. The Kier molecular flexibility index (Phi) is 9.05. The summed E-state index contributed by atoms with van der Waals surface area (Å²) in [6, 6.07) is 15.6. The van der Waals surface area contributed by atoms with E-state index in [9.17, 15) is 14.4 Å². The molecule has 38 heavy (non-hydrogen) atoms. The fourth-order valence-corrected chi connectivity index (χ4v) is 5.22. The van der Waals surface area contributed by atoms with Crippen LogP contribution in [-0.2, 0) is 14.3 Å². The number of rotatable bonds is 10. The Labute approximate surface area is 225 Å². The highest BCUT2D eigenvalue weighted by Crippen LogP contribution is 2.44. The highest BCUT2D eigenvalue weighted by Gasteiger charge is 2.30. The van der Waals surface area contributed by atoms with Crippen LogP contribution in [-0.4, -0.2) is 55.2 Å². The Morgan fingerprint density at radius 3 is 2.26 bits per heavy atom. The Balaban J connectivity index is 1.22. The van der Waals surface area contributed by atoms with Crippen LogP contribution in [0.25, 0.3) is 11.1 Å². The minimum atomic E-state index is -0.612. The molecule has 0 unspecified atom stereocenters. The fraction of sp³-hybridized carbons (Fsp3) is 0.500. The van der Waals surface area contributed by atoms with Gasteiger partial charge >= 0.3 is 6.09 Å². The molecule has 2 atom stereocenters. The molecule has 0 spiro atoms. The van der Waals surface area contributed by atoms with Crippen LogP contribution in [0.3, 0.4) is 0 Å². The first-order valence-corrected chi connectivity index (χ1v) is 13.7.